The van der Waals surface area contributed by atoms with Gasteiger partial charge in [0.1, 0.15) is 23.3 Å². The normalized spacial score (nSPS) is 19.1. The second-order valence-electron chi connectivity index (χ2n) is 11.7. The highest BCUT2D eigenvalue weighted by atomic mass is 16.2. The molecule has 0 bridgehead atoms. The van der Waals surface area contributed by atoms with Crippen LogP contribution in [0.1, 0.15) is 49.7 Å². The number of pyridine rings is 1. The van der Waals surface area contributed by atoms with Gasteiger partial charge < -0.3 is 21.3 Å². The van der Waals surface area contributed by atoms with E-state index in [1.807, 2.05) is 55.7 Å². The quantitative estimate of drug-likeness (QED) is 0.205. The minimum atomic E-state index is -0.188. The lowest BCUT2D eigenvalue weighted by atomic mass is 9.90. The van der Waals surface area contributed by atoms with Crippen molar-refractivity contribution in [2.45, 2.75) is 63.2 Å². The number of nitrogens with zero attached hydrogens (tertiary/aromatic N) is 7. The van der Waals surface area contributed by atoms with Crippen molar-refractivity contribution in [3.05, 3.63) is 78.4 Å². The number of anilines is 3. The summed E-state index contributed by atoms with van der Waals surface area (Å²) in [4.78, 5) is 40.7. The smallest absolute Gasteiger partial charge is 0.323 e. The number of carbonyl (C=O) groups is 2. The van der Waals surface area contributed by atoms with Crippen LogP contribution in [0, 0.1) is 11.3 Å². The number of urea groups is 1. The molecule has 2 aliphatic rings. The van der Waals surface area contributed by atoms with Crippen LogP contribution < -0.4 is 26.2 Å². The highest BCUT2D eigenvalue weighted by molar-refractivity contribution is 5.91. The summed E-state index contributed by atoms with van der Waals surface area (Å²) < 4.78 is 1.75. The predicted octanol–water partition coefficient (Wildman–Crippen LogP) is 3.97. The van der Waals surface area contributed by atoms with E-state index in [4.69, 9.17) is 4.98 Å². The maximum absolute atomic E-state index is 13.7. The largest absolute Gasteiger partial charge is 0.367 e. The number of amides is 3. The molecule has 236 valence electrons. The van der Waals surface area contributed by atoms with Gasteiger partial charge in [0, 0.05) is 68.2 Å². The Morgan fingerprint density at radius 3 is 2.54 bits per heavy atom. The summed E-state index contributed by atoms with van der Waals surface area (Å²) in [7, 11) is 1.87. The van der Waals surface area contributed by atoms with Crippen LogP contribution in [0.2, 0.25) is 0 Å². The molecule has 1 aliphatic carbocycles. The van der Waals surface area contributed by atoms with Gasteiger partial charge in [-0.05, 0) is 49.8 Å². The Hall–Kier alpha value is -5.51. The number of nitrogens with one attached hydrogen (secondary N) is 4. The first-order chi connectivity index (χ1) is 22.4. The maximum Gasteiger partial charge on any atom is 0.323 e. The van der Waals surface area contributed by atoms with Gasteiger partial charge in [-0.3, -0.25) is 14.4 Å². The molecule has 2 fully saturated rings. The number of aromatic nitrogens is 5. The average molecular weight is 620 g/mol. The number of rotatable bonds is 10. The van der Waals surface area contributed by atoms with Gasteiger partial charge in [-0.2, -0.15) is 15.3 Å². The van der Waals surface area contributed by atoms with E-state index in [0.29, 0.717) is 42.7 Å². The van der Waals surface area contributed by atoms with Crippen LogP contribution in [-0.2, 0) is 18.4 Å². The minimum absolute atomic E-state index is 0.00886. The van der Waals surface area contributed by atoms with Gasteiger partial charge in [0.2, 0.25) is 11.9 Å². The molecule has 1 aromatic carbocycles. The second-order valence-corrected chi connectivity index (χ2v) is 11.7. The Balaban J connectivity index is 1.12. The third-order valence-corrected chi connectivity index (χ3v) is 8.44. The number of aryl methyl sites for hydroxylation is 1. The summed E-state index contributed by atoms with van der Waals surface area (Å²) in [5, 5.41) is 26.4. The molecule has 1 atom stereocenters. The minimum Gasteiger partial charge on any atom is -0.367 e. The molecule has 13 nitrogen and oxygen atoms in total. The van der Waals surface area contributed by atoms with Crippen LogP contribution in [-0.4, -0.2) is 61.3 Å². The van der Waals surface area contributed by atoms with Crippen molar-refractivity contribution >= 4 is 29.5 Å². The van der Waals surface area contributed by atoms with E-state index in [-0.39, 0.29) is 30.1 Å². The number of nitriles is 1. The predicted molar refractivity (Wildman–Crippen MR) is 174 cm³/mol. The zero-order valence-corrected chi connectivity index (χ0v) is 25.7. The molecular formula is C33H37N11O2. The lowest BCUT2D eigenvalue weighted by Gasteiger charge is -2.36. The van der Waals surface area contributed by atoms with E-state index in [2.05, 4.69) is 42.4 Å². The topological polar surface area (TPSA) is 166 Å². The molecule has 13 heteroatoms. The van der Waals surface area contributed by atoms with Gasteiger partial charge in [0.15, 0.2) is 0 Å². The summed E-state index contributed by atoms with van der Waals surface area (Å²) in [6, 6.07) is 15.7. The van der Waals surface area contributed by atoms with E-state index in [1.54, 1.807) is 22.0 Å². The molecular weight excluding hydrogens is 582 g/mol. The first-order valence-electron chi connectivity index (χ1n) is 15.6. The summed E-state index contributed by atoms with van der Waals surface area (Å²) in [6.45, 7) is 0.905. The molecule has 1 saturated carbocycles. The monoisotopic (exact) mass is 619 g/mol. The lowest BCUT2D eigenvalue weighted by Crippen LogP contribution is -2.49. The van der Waals surface area contributed by atoms with E-state index in [1.165, 1.54) is 6.20 Å². The molecule has 1 saturated heterocycles. The van der Waals surface area contributed by atoms with Gasteiger partial charge in [0.25, 0.3) is 0 Å². The molecule has 3 aromatic heterocycles. The summed E-state index contributed by atoms with van der Waals surface area (Å²) in [5.41, 5.74) is 3.26. The first kappa shape index (κ1) is 30.5. The zero-order valence-electron chi connectivity index (χ0n) is 25.7. The number of carbonyl (C=O) groups excluding carboxylic acids is 2. The average Bonchev–Trinajstić information content (AvgIpc) is 3.72. The van der Waals surface area contributed by atoms with Crippen molar-refractivity contribution in [3.63, 3.8) is 0 Å². The Kier molecular flexibility index (Phi) is 9.33. The summed E-state index contributed by atoms with van der Waals surface area (Å²) >= 11 is 0. The van der Waals surface area contributed by atoms with Crippen LogP contribution >= 0.6 is 0 Å². The number of hydrogen-bond donors (Lipinski definition) is 4. The molecule has 1 unspecified atom stereocenters. The third-order valence-electron chi connectivity index (χ3n) is 8.44. The van der Waals surface area contributed by atoms with Gasteiger partial charge in [-0.25, -0.2) is 14.8 Å². The fourth-order valence-electron chi connectivity index (χ4n) is 5.96. The highest BCUT2D eigenvalue weighted by Gasteiger charge is 2.31. The van der Waals surface area contributed by atoms with Crippen LogP contribution in [0.25, 0.3) is 11.1 Å². The van der Waals surface area contributed by atoms with Gasteiger partial charge in [-0.1, -0.05) is 30.3 Å². The van der Waals surface area contributed by atoms with Crippen molar-refractivity contribution in [1.82, 2.24) is 35.4 Å². The number of hydrogen-bond acceptors (Lipinski definition) is 9. The molecule has 3 amide bonds. The van der Waals surface area contributed by atoms with Crippen LogP contribution in [0.4, 0.5) is 22.4 Å². The third kappa shape index (κ3) is 7.40. The number of benzene rings is 1. The van der Waals surface area contributed by atoms with Gasteiger partial charge in [0.05, 0.1) is 12.4 Å². The standard InChI is InChI=1S/C33H37N11O2/c1-43-21-25(19-39-43)23-7-13-29(35-17-23)44(33(46)38-16-22-5-3-2-4-6-22)28-11-8-26(9-12-28)41-32-37-18-24(15-34)31(42-32)36-20-27-10-14-30(45)40-27/h2-7,13,17-19,21,26-28H,8-12,14,16,20H2,1H3,(H,38,46)(H,40,45)(H2,36,37,41,42)/t26-,27?,28-. The molecule has 1 aliphatic heterocycles. The van der Waals surface area contributed by atoms with Crippen molar-refractivity contribution in [2.24, 2.45) is 7.05 Å². The van der Waals surface area contributed by atoms with Crippen LogP contribution in [0.5, 0.6) is 0 Å². The van der Waals surface area contributed by atoms with E-state index in [9.17, 15) is 14.9 Å². The summed E-state index contributed by atoms with van der Waals surface area (Å²) in [5.74, 6) is 1.51. The second kappa shape index (κ2) is 14.1. The SMILES string of the molecule is Cn1cc(-c2ccc(N(C(=O)NCc3ccccc3)[C@H]3CC[C@H](Nc4ncc(C#N)c(NCC5CCC(=O)N5)n4)CC3)nc2)cn1. The lowest BCUT2D eigenvalue weighted by molar-refractivity contribution is -0.119. The van der Waals surface area contributed by atoms with Crippen molar-refractivity contribution in [2.75, 3.05) is 22.1 Å². The van der Waals surface area contributed by atoms with Crippen molar-refractivity contribution in [3.8, 4) is 17.2 Å². The van der Waals surface area contributed by atoms with E-state index in [0.717, 1.165) is 48.8 Å². The fourth-order valence-corrected chi connectivity index (χ4v) is 5.96. The van der Waals surface area contributed by atoms with E-state index >= 15 is 0 Å². The highest BCUT2D eigenvalue weighted by Crippen LogP contribution is 2.30. The molecule has 0 radical (unpaired) electrons. The van der Waals surface area contributed by atoms with Crippen molar-refractivity contribution < 1.29 is 9.59 Å². The van der Waals surface area contributed by atoms with Crippen LogP contribution in [0.15, 0.2) is 67.3 Å². The molecule has 4 heterocycles. The van der Waals surface area contributed by atoms with Crippen molar-refractivity contribution in [1.29, 1.82) is 5.26 Å². The molecule has 46 heavy (non-hydrogen) atoms. The zero-order chi connectivity index (χ0) is 31.9. The Morgan fingerprint density at radius 2 is 1.87 bits per heavy atom. The first-order valence-corrected chi connectivity index (χ1v) is 15.6. The fraction of sp³-hybridized carbons (Fsp3) is 0.364. The molecule has 6 rings (SSSR count). The Morgan fingerprint density at radius 1 is 1.04 bits per heavy atom. The molecule has 4 N–H and O–H groups in total. The molecule has 4 aromatic rings. The summed E-state index contributed by atoms with van der Waals surface area (Å²) in [6.07, 6.45) is 11.4. The van der Waals surface area contributed by atoms with Gasteiger partial charge >= 0.3 is 6.03 Å². The maximum atomic E-state index is 13.7. The Bertz CT molecular complexity index is 1690. The van der Waals surface area contributed by atoms with E-state index < -0.39 is 0 Å². The molecule has 0 spiro atoms. The van der Waals surface area contributed by atoms with Crippen LogP contribution in [0.3, 0.4) is 0 Å². The Labute approximate surface area is 267 Å². The van der Waals surface area contributed by atoms with Gasteiger partial charge in [-0.15, -0.1) is 0 Å².